The van der Waals surface area contributed by atoms with Crippen molar-refractivity contribution in [3.05, 3.63) is 0 Å². The molecular weight excluding hydrogens is 183 g/mol. The maximum Gasteiger partial charge on any atom is 0.310 e. The van der Waals surface area contributed by atoms with Crippen LogP contribution in [0.1, 0.15) is 13.8 Å². The summed E-state index contributed by atoms with van der Waals surface area (Å²) < 4.78 is 8.80. The molecular formula is C6H13O5P. The number of carbonyl (C=O) groups excluding carboxylic acids is 1. The molecule has 0 spiro atoms. The lowest BCUT2D eigenvalue weighted by molar-refractivity contribution is -0.154. The van der Waals surface area contributed by atoms with Crippen molar-refractivity contribution in [2.45, 2.75) is 13.8 Å². The molecule has 0 aromatic heterocycles. The minimum Gasteiger partial charge on any atom is -0.438 e. The van der Waals surface area contributed by atoms with Gasteiger partial charge in [-0.05, 0) is 6.30 Å². The van der Waals surface area contributed by atoms with E-state index in [4.69, 9.17) is 9.79 Å². The minimum atomic E-state index is -3.53. The molecule has 0 amide bonds. The fourth-order valence-electron chi connectivity index (χ4n) is 0.336. The van der Waals surface area contributed by atoms with Crippen molar-refractivity contribution in [1.82, 2.24) is 0 Å². The Morgan fingerprint density at radius 3 is 2.42 bits per heavy atom. The van der Waals surface area contributed by atoms with E-state index in [-0.39, 0.29) is 5.92 Å². The maximum absolute atomic E-state index is 10.8. The van der Waals surface area contributed by atoms with E-state index in [1.165, 1.54) is 0 Å². The van der Waals surface area contributed by atoms with Crippen LogP contribution in [0.3, 0.4) is 0 Å². The lowest BCUT2D eigenvalue weighted by Crippen LogP contribution is -2.13. The van der Waals surface area contributed by atoms with Gasteiger partial charge in [-0.3, -0.25) is 9.32 Å². The molecule has 5 nitrogen and oxygen atoms in total. The first-order chi connectivity index (χ1) is 5.33. The summed E-state index contributed by atoms with van der Waals surface area (Å²) in [6, 6.07) is 0. The van der Waals surface area contributed by atoms with Crippen molar-refractivity contribution in [3.8, 4) is 0 Å². The first-order valence-corrected chi connectivity index (χ1v) is 5.13. The van der Waals surface area contributed by atoms with Gasteiger partial charge in [0.1, 0.15) is 0 Å². The summed E-state index contributed by atoms with van der Waals surface area (Å²) in [5.41, 5.74) is 0. The van der Waals surface area contributed by atoms with Crippen LogP contribution in [0.5, 0.6) is 0 Å². The molecule has 2 N–H and O–H groups in total. The second-order valence-corrected chi connectivity index (χ2v) is 4.12. The maximum atomic E-state index is 10.8. The third kappa shape index (κ3) is 6.37. The van der Waals surface area contributed by atoms with E-state index in [0.717, 1.165) is 0 Å². The number of hydrogen-bond acceptors (Lipinski definition) is 5. The van der Waals surface area contributed by atoms with Gasteiger partial charge in [0.25, 0.3) is 0 Å². The molecule has 0 heterocycles. The number of esters is 1. The molecule has 0 bridgehead atoms. The van der Waals surface area contributed by atoms with Gasteiger partial charge in [-0.1, -0.05) is 13.8 Å². The zero-order valence-corrected chi connectivity index (χ0v) is 7.95. The van der Waals surface area contributed by atoms with Gasteiger partial charge in [0.2, 0.25) is 7.57 Å². The van der Waals surface area contributed by atoms with Crippen LogP contribution in [0.25, 0.3) is 0 Å². The average Bonchev–Trinajstić information content (AvgIpc) is 1.84. The summed E-state index contributed by atoms with van der Waals surface area (Å²) in [6.45, 7) is 2.85. The molecule has 0 unspecified atom stereocenters. The molecule has 0 aromatic rings. The van der Waals surface area contributed by atoms with E-state index in [2.05, 4.69) is 15.6 Å². The van der Waals surface area contributed by atoms with E-state index in [0.29, 0.717) is 0 Å². The van der Waals surface area contributed by atoms with Crippen LogP contribution in [0.15, 0.2) is 0 Å². The summed E-state index contributed by atoms with van der Waals surface area (Å²) in [5, 5.41) is 0. The third-order valence-electron chi connectivity index (χ3n) is 0.932. The smallest absolute Gasteiger partial charge is 0.310 e. The van der Waals surface area contributed by atoms with E-state index in [1.807, 2.05) is 0 Å². The highest BCUT2D eigenvalue weighted by atomic mass is 31.2. The van der Waals surface area contributed by atoms with E-state index in [9.17, 15) is 4.79 Å². The first kappa shape index (κ1) is 11.6. The van der Waals surface area contributed by atoms with Crippen molar-refractivity contribution in [2.75, 3.05) is 6.79 Å². The highest BCUT2D eigenvalue weighted by molar-refractivity contribution is 7.57. The Morgan fingerprint density at radius 2 is 2.08 bits per heavy atom. The van der Waals surface area contributed by atoms with E-state index >= 15 is 0 Å². The number of rotatable bonds is 4. The van der Waals surface area contributed by atoms with Crippen LogP contribution < -0.4 is 0 Å². The van der Waals surface area contributed by atoms with Gasteiger partial charge in [-0.15, -0.1) is 0 Å². The quantitative estimate of drug-likeness (QED) is 0.385. The van der Waals surface area contributed by atoms with Gasteiger partial charge < -0.3 is 14.5 Å². The van der Waals surface area contributed by atoms with Gasteiger partial charge in [0.05, 0.1) is 5.92 Å². The molecule has 0 aliphatic heterocycles. The lowest BCUT2D eigenvalue weighted by atomic mass is 10.2. The van der Waals surface area contributed by atoms with Crippen molar-refractivity contribution in [2.24, 2.45) is 5.92 Å². The van der Waals surface area contributed by atoms with Gasteiger partial charge in [-0.2, -0.15) is 0 Å². The van der Waals surface area contributed by atoms with Crippen LogP contribution in [-0.4, -0.2) is 28.8 Å². The van der Waals surface area contributed by atoms with Gasteiger partial charge in [0, 0.05) is 0 Å². The van der Waals surface area contributed by atoms with E-state index < -0.39 is 20.3 Å². The zero-order chi connectivity index (χ0) is 9.78. The molecule has 0 rings (SSSR count). The molecule has 72 valence electrons. The topological polar surface area (TPSA) is 76.0 Å². The minimum absolute atomic E-state index is 0.261. The van der Waals surface area contributed by atoms with Crippen LogP contribution in [0, 0.1) is 5.92 Å². The predicted octanol–water partition coefficient (Wildman–Crippen LogP) is 0.339. The second-order valence-electron chi connectivity index (χ2n) is 2.53. The fraction of sp³-hybridized carbons (Fsp3) is 0.667. The number of carbonyl (C=O) groups is 1. The Balaban J connectivity index is 3.58. The van der Waals surface area contributed by atoms with Crippen molar-refractivity contribution in [1.29, 1.82) is 0 Å². The van der Waals surface area contributed by atoms with Gasteiger partial charge in [0.15, 0.2) is 6.79 Å². The average molecular weight is 196 g/mol. The highest BCUT2D eigenvalue weighted by Crippen LogP contribution is 2.34. The first-order valence-electron chi connectivity index (χ1n) is 3.33. The van der Waals surface area contributed by atoms with E-state index in [1.54, 1.807) is 13.8 Å². The van der Waals surface area contributed by atoms with Crippen molar-refractivity contribution >= 4 is 19.8 Å². The SMILES string of the molecule is C=P(O)(O)OCOC(=O)C(C)C. The van der Waals surface area contributed by atoms with Crippen LogP contribution >= 0.6 is 7.57 Å². The fourth-order valence-corrected chi connectivity index (χ4v) is 0.557. The second kappa shape index (κ2) is 4.62. The number of hydrogen-bond donors (Lipinski definition) is 2. The molecule has 12 heavy (non-hydrogen) atoms. The number of ether oxygens (including phenoxy) is 1. The third-order valence-corrected chi connectivity index (χ3v) is 1.45. The molecule has 0 aliphatic carbocycles. The van der Waals surface area contributed by atoms with Gasteiger partial charge in [-0.25, -0.2) is 0 Å². The Bertz CT molecular complexity index is 194. The van der Waals surface area contributed by atoms with Crippen molar-refractivity contribution < 1.29 is 23.8 Å². The van der Waals surface area contributed by atoms with Gasteiger partial charge >= 0.3 is 5.97 Å². The Kier molecular flexibility index (Phi) is 4.49. The van der Waals surface area contributed by atoms with Crippen LogP contribution in [-0.2, 0) is 14.1 Å². The van der Waals surface area contributed by atoms with Crippen molar-refractivity contribution in [3.63, 3.8) is 0 Å². The normalized spacial score (nSPS) is 11.8. The lowest BCUT2D eigenvalue weighted by Gasteiger charge is -2.11. The zero-order valence-electron chi connectivity index (χ0n) is 7.06. The molecule has 0 atom stereocenters. The van der Waals surface area contributed by atoms with Crippen LogP contribution in [0.2, 0.25) is 0 Å². The summed E-state index contributed by atoms with van der Waals surface area (Å²) in [6.07, 6.45) is 2.92. The molecule has 0 saturated heterocycles. The Labute approximate surface area is 71.1 Å². The summed E-state index contributed by atoms with van der Waals surface area (Å²) in [5.74, 6) is -0.716. The largest absolute Gasteiger partial charge is 0.438 e. The Hall–Kier alpha value is -0.350. The summed E-state index contributed by atoms with van der Waals surface area (Å²) in [4.78, 5) is 28.0. The molecule has 0 radical (unpaired) electrons. The standard InChI is InChI=1S/C6H13O5P/c1-5(2)6(7)10-4-11-12(3,8)9/h5,8-9H,3-4H2,1-2H3. The predicted molar refractivity (Wildman–Crippen MR) is 45.4 cm³/mol. The Morgan fingerprint density at radius 1 is 1.58 bits per heavy atom. The monoisotopic (exact) mass is 196 g/mol. The van der Waals surface area contributed by atoms with Crippen LogP contribution in [0.4, 0.5) is 0 Å². The molecule has 0 saturated carbocycles. The molecule has 0 aliphatic rings. The highest BCUT2D eigenvalue weighted by Gasteiger charge is 2.10. The molecule has 6 heteroatoms. The summed E-state index contributed by atoms with van der Waals surface area (Å²) >= 11 is 0. The molecule has 0 aromatic carbocycles. The summed E-state index contributed by atoms with van der Waals surface area (Å²) in [7, 11) is -3.53. The molecule has 0 fully saturated rings.